The minimum Gasteiger partial charge on any atom is -0.497 e. The molecular weight excluding hydrogens is 404 g/mol. The van der Waals surface area contributed by atoms with E-state index in [0.717, 1.165) is 40.7 Å². The minimum absolute atomic E-state index is 0.0152. The number of fused-ring (bicyclic) bond motifs is 4. The van der Waals surface area contributed by atoms with E-state index in [1.807, 2.05) is 53.4 Å². The molecular formula is C25H26N4O3. The van der Waals surface area contributed by atoms with Crippen molar-refractivity contribution in [2.45, 2.75) is 32.0 Å². The van der Waals surface area contributed by atoms with Gasteiger partial charge in [-0.2, -0.15) is 0 Å². The van der Waals surface area contributed by atoms with Gasteiger partial charge in [0, 0.05) is 41.4 Å². The zero-order valence-electron chi connectivity index (χ0n) is 18.2. The fraction of sp³-hybridized carbons (Fsp3) is 0.320. The van der Waals surface area contributed by atoms with E-state index < -0.39 is 0 Å². The maximum Gasteiger partial charge on any atom is 0.256 e. The van der Waals surface area contributed by atoms with E-state index in [1.165, 1.54) is 0 Å². The van der Waals surface area contributed by atoms with Gasteiger partial charge >= 0.3 is 0 Å². The number of nitrogens with zero attached hydrogens (tertiary/aromatic N) is 3. The Balaban J connectivity index is 1.25. The molecule has 0 bridgehead atoms. The molecule has 3 aromatic rings. The Morgan fingerprint density at radius 1 is 1.19 bits per heavy atom. The molecule has 2 aliphatic rings. The van der Waals surface area contributed by atoms with Crippen LogP contribution in [0.1, 0.15) is 41.9 Å². The van der Waals surface area contributed by atoms with Crippen molar-refractivity contribution in [3.8, 4) is 5.75 Å². The summed E-state index contributed by atoms with van der Waals surface area (Å²) in [7, 11) is 1.66. The Morgan fingerprint density at radius 3 is 2.88 bits per heavy atom. The van der Waals surface area contributed by atoms with Crippen molar-refractivity contribution in [1.82, 2.24) is 14.8 Å². The van der Waals surface area contributed by atoms with Crippen molar-refractivity contribution < 1.29 is 14.3 Å². The molecule has 1 fully saturated rings. The standard InChI is InChI=1S/C25H26N4O3/c1-16(27-21-14-18(32-2)13-17-8-5-11-26-23(17)21)7-6-12-28-22(30)15-29-24(28)19-9-3-4-10-20(19)25(29)31/h3-5,8-11,13-14,16,24,27H,6-7,12,15H2,1-2H3/t16?,24-/m0/s1. The molecule has 7 heteroatoms. The summed E-state index contributed by atoms with van der Waals surface area (Å²) in [6.07, 6.45) is 3.23. The summed E-state index contributed by atoms with van der Waals surface area (Å²) in [6.45, 7) is 2.90. The molecule has 1 aromatic heterocycles. The highest BCUT2D eigenvalue weighted by Gasteiger charge is 2.47. The monoisotopic (exact) mass is 430 g/mol. The van der Waals surface area contributed by atoms with Gasteiger partial charge in [-0.25, -0.2) is 0 Å². The second-order valence-corrected chi connectivity index (χ2v) is 8.42. The van der Waals surface area contributed by atoms with Gasteiger partial charge in [0.25, 0.3) is 5.91 Å². The number of pyridine rings is 1. The zero-order valence-corrected chi connectivity index (χ0v) is 18.2. The van der Waals surface area contributed by atoms with Gasteiger partial charge in [-0.15, -0.1) is 0 Å². The minimum atomic E-state index is -0.263. The summed E-state index contributed by atoms with van der Waals surface area (Å²) < 4.78 is 5.44. The predicted octanol–water partition coefficient (Wildman–Crippen LogP) is 3.82. The van der Waals surface area contributed by atoms with Crippen LogP contribution in [0.5, 0.6) is 5.75 Å². The first-order chi connectivity index (χ1) is 15.6. The van der Waals surface area contributed by atoms with Crippen LogP contribution < -0.4 is 10.1 Å². The molecule has 1 N–H and O–H groups in total. The van der Waals surface area contributed by atoms with E-state index in [9.17, 15) is 9.59 Å². The van der Waals surface area contributed by atoms with Crippen molar-refractivity contribution >= 4 is 28.4 Å². The van der Waals surface area contributed by atoms with Gasteiger partial charge in [0.15, 0.2) is 0 Å². The molecule has 5 rings (SSSR count). The summed E-state index contributed by atoms with van der Waals surface area (Å²) in [4.78, 5) is 33.3. The highest BCUT2D eigenvalue weighted by atomic mass is 16.5. The maximum absolute atomic E-state index is 12.6. The Kier molecular flexibility index (Phi) is 5.17. The molecule has 164 valence electrons. The van der Waals surface area contributed by atoms with Crippen molar-refractivity contribution in [2.75, 3.05) is 25.5 Å². The lowest BCUT2D eigenvalue weighted by Gasteiger charge is -2.26. The third-order valence-corrected chi connectivity index (χ3v) is 6.30. The number of hydrogen-bond acceptors (Lipinski definition) is 5. The van der Waals surface area contributed by atoms with Gasteiger partial charge < -0.3 is 19.9 Å². The first-order valence-corrected chi connectivity index (χ1v) is 11.0. The van der Waals surface area contributed by atoms with E-state index >= 15 is 0 Å². The molecule has 0 spiro atoms. The Labute approximate surface area is 187 Å². The zero-order chi connectivity index (χ0) is 22.2. The Bertz CT molecular complexity index is 1190. The highest BCUT2D eigenvalue weighted by Crippen LogP contribution is 2.40. The molecule has 2 atom stereocenters. The number of nitrogens with one attached hydrogen (secondary N) is 1. The molecule has 1 saturated heterocycles. The van der Waals surface area contributed by atoms with Gasteiger partial charge in [-0.1, -0.05) is 24.3 Å². The number of hydrogen-bond donors (Lipinski definition) is 1. The van der Waals surface area contributed by atoms with E-state index in [4.69, 9.17) is 4.74 Å². The van der Waals surface area contributed by atoms with Gasteiger partial charge in [-0.05, 0) is 38.0 Å². The number of amides is 2. The van der Waals surface area contributed by atoms with Gasteiger partial charge in [0.05, 0.1) is 18.3 Å². The van der Waals surface area contributed by atoms with Crippen molar-refractivity contribution in [3.63, 3.8) is 0 Å². The third-order valence-electron chi connectivity index (χ3n) is 6.30. The largest absolute Gasteiger partial charge is 0.497 e. The summed E-state index contributed by atoms with van der Waals surface area (Å²) in [5, 5.41) is 4.58. The van der Waals surface area contributed by atoms with E-state index in [1.54, 1.807) is 18.2 Å². The van der Waals surface area contributed by atoms with Crippen LogP contribution >= 0.6 is 0 Å². The maximum atomic E-state index is 12.6. The van der Waals surface area contributed by atoms with Crippen LogP contribution in [0.4, 0.5) is 5.69 Å². The quantitative estimate of drug-likeness (QED) is 0.617. The molecule has 2 amide bonds. The number of rotatable bonds is 7. The molecule has 0 aliphatic carbocycles. The van der Waals surface area contributed by atoms with E-state index in [0.29, 0.717) is 12.1 Å². The van der Waals surface area contributed by atoms with Crippen LogP contribution in [0.2, 0.25) is 0 Å². The smallest absolute Gasteiger partial charge is 0.256 e. The molecule has 1 unspecified atom stereocenters. The van der Waals surface area contributed by atoms with Crippen molar-refractivity contribution in [3.05, 3.63) is 65.9 Å². The number of anilines is 1. The average Bonchev–Trinajstić information content (AvgIpc) is 3.27. The third kappa shape index (κ3) is 3.43. The summed E-state index contributed by atoms with van der Waals surface area (Å²) in [5.41, 5.74) is 3.49. The number of benzene rings is 2. The van der Waals surface area contributed by atoms with Crippen LogP contribution in [0.15, 0.2) is 54.7 Å². The summed E-state index contributed by atoms with van der Waals surface area (Å²) in [5.74, 6) is 0.753. The Morgan fingerprint density at radius 2 is 2.03 bits per heavy atom. The SMILES string of the molecule is COc1cc(NC(C)CCCN2C(=O)CN3C(=O)c4ccccc4[C@@H]23)c2ncccc2c1. The van der Waals surface area contributed by atoms with Gasteiger partial charge in [-0.3, -0.25) is 14.6 Å². The highest BCUT2D eigenvalue weighted by molar-refractivity contribution is 6.03. The van der Waals surface area contributed by atoms with Gasteiger partial charge in [0.1, 0.15) is 18.5 Å². The van der Waals surface area contributed by atoms with Gasteiger partial charge in [0.2, 0.25) is 5.91 Å². The topological polar surface area (TPSA) is 74.8 Å². The van der Waals surface area contributed by atoms with Crippen LogP contribution in [-0.4, -0.2) is 52.8 Å². The Hall–Kier alpha value is -3.61. The summed E-state index contributed by atoms with van der Waals surface area (Å²) >= 11 is 0. The van der Waals surface area contributed by atoms with Crippen LogP contribution in [0.25, 0.3) is 10.9 Å². The van der Waals surface area contributed by atoms with Crippen LogP contribution in [0, 0.1) is 0 Å². The molecule has 2 aromatic carbocycles. The molecule has 2 aliphatic heterocycles. The molecule has 0 saturated carbocycles. The molecule has 3 heterocycles. The fourth-order valence-corrected chi connectivity index (χ4v) is 4.76. The summed E-state index contributed by atoms with van der Waals surface area (Å²) in [6, 6.07) is 15.6. The lowest BCUT2D eigenvalue weighted by molar-refractivity contribution is -0.128. The molecule has 7 nitrogen and oxygen atoms in total. The molecule has 0 radical (unpaired) electrons. The van der Waals surface area contributed by atoms with Crippen molar-refractivity contribution in [1.29, 1.82) is 0 Å². The molecule has 32 heavy (non-hydrogen) atoms. The van der Waals surface area contributed by atoms with E-state index in [-0.39, 0.29) is 30.6 Å². The van der Waals surface area contributed by atoms with Crippen molar-refractivity contribution in [2.24, 2.45) is 0 Å². The lowest BCUT2D eigenvalue weighted by atomic mass is 10.1. The normalized spacial score (nSPS) is 18.1. The second-order valence-electron chi connectivity index (χ2n) is 8.42. The fourth-order valence-electron chi connectivity index (χ4n) is 4.76. The number of carbonyl (C=O) groups is 2. The van der Waals surface area contributed by atoms with Crippen LogP contribution in [-0.2, 0) is 4.79 Å². The van der Waals surface area contributed by atoms with E-state index in [2.05, 4.69) is 17.2 Å². The average molecular weight is 431 g/mol. The number of carbonyl (C=O) groups excluding carboxylic acids is 2. The number of ether oxygens (including phenoxy) is 1. The van der Waals surface area contributed by atoms with Crippen LogP contribution in [0.3, 0.4) is 0 Å². The first-order valence-electron chi connectivity index (χ1n) is 11.0. The number of aromatic nitrogens is 1. The number of methoxy groups -OCH3 is 1. The second kappa shape index (κ2) is 8.15. The first kappa shape index (κ1) is 20.3. The lowest BCUT2D eigenvalue weighted by Crippen LogP contribution is -2.31. The predicted molar refractivity (Wildman–Crippen MR) is 123 cm³/mol.